The van der Waals surface area contributed by atoms with Crippen molar-refractivity contribution in [3.05, 3.63) is 59.4 Å². The van der Waals surface area contributed by atoms with Gasteiger partial charge in [0.2, 0.25) is 15.8 Å². The molecule has 0 spiro atoms. The van der Waals surface area contributed by atoms with E-state index in [1.807, 2.05) is 43.3 Å². The molecule has 1 heterocycles. The third-order valence-corrected chi connectivity index (χ3v) is 6.44. The minimum Gasteiger partial charge on any atom is -0.460 e. The van der Waals surface area contributed by atoms with Crippen molar-refractivity contribution in [2.24, 2.45) is 0 Å². The van der Waals surface area contributed by atoms with Gasteiger partial charge in [-0.2, -0.15) is 0 Å². The summed E-state index contributed by atoms with van der Waals surface area (Å²) in [6.07, 6.45) is 0. The van der Waals surface area contributed by atoms with Crippen LogP contribution in [0.4, 0.5) is 5.69 Å². The van der Waals surface area contributed by atoms with Crippen molar-refractivity contribution < 1.29 is 22.4 Å². The number of esters is 1. The van der Waals surface area contributed by atoms with Crippen molar-refractivity contribution in [2.75, 3.05) is 25.6 Å². The highest BCUT2D eigenvalue weighted by molar-refractivity contribution is 7.89. The van der Waals surface area contributed by atoms with Crippen LogP contribution in [0.1, 0.15) is 41.6 Å². The molecule has 1 N–H and O–H groups in total. The number of ether oxygens (including phenoxy) is 1. The van der Waals surface area contributed by atoms with Crippen LogP contribution in [0.15, 0.2) is 51.8 Å². The molecule has 0 radical (unpaired) electrons. The Bertz CT molecular complexity index is 1180. The van der Waals surface area contributed by atoms with Gasteiger partial charge in [0.1, 0.15) is 5.58 Å². The first-order chi connectivity index (χ1) is 14.1. The lowest BCUT2D eigenvalue weighted by Crippen LogP contribution is -2.27. The molecule has 160 valence electrons. The Morgan fingerprint density at radius 2 is 1.93 bits per heavy atom. The fraction of sp³-hybridized carbons (Fsp3) is 0.318. The molecule has 0 saturated carbocycles. The molecule has 2 aromatic carbocycles. The van der Waals surface area contributed by atoms with E-state index in [1.165, 1.54) is 12.1 Å². The maximum Gasteiger partial charge on any atom is 0.374 e. The van der Waals surface area contributed by atoms with Crippen molar-refractivity contribution in [3.8, 4) is 0 Å². The second-order valence-corrected chi connectivity index (χ2v) is 8.98. The standard InChI is InChI=1S/C22H26N2O5S/c1-6-28-22(25)21-14(2)19-13-18(10-11-20(19)29-21)30(26,27)23-15(3)16-8-7-9-17(12-16)24(4)5/h7-13,15,23H,6H2,1-5H3. The predicted octanol–water partition coefficient (Wildman–Crippen LogP) is 4.02. The van der Waals surface area contributed by atoms with E-state index in [0.29, 0.717) is 16.5 Å². The molecule has 1 aromatic heterocycles. The lowest BCUT2D eigenvalue weighted by atomic mass is 10.1. The molecule has 0 amide bonds. The van der Waals surface area contributed by atoms with Crippen LogP contribution >= 0.6 is 0 Å². The van der Waals surface area contributed by atoms with Crippen LogP contribution in [0, 0.1) is 6.92 Å². The van der Waals surface area contributed by atoms with Crippen LogP contribution < -0.4 is 9.62 Å². The summed E-state index contributed by atoms with van der Waals surface area (Å²) in [5, 5.41) is 0.559. The number of benzene rings is 2. The number of hydrogen-bond donors (Lipinski definition) is 1. The van der Waals surface area contributed by atoms with Crippen LogP contribution in [0.3, 0.4) is 0 Å². The van der Waals surface area contributed by atoms with Gasteiger partial charge in [0.25, 0.3) is 0 Å². The fourth-order valence-electron chi connectivity index (χ4n) is 3.20. The minimum absolute atomic E-state index is 0.0863. The summed E-state index contributed by atoms with van der Waals surface area (Å²) in [5.41, 5.74) is 2.82. The number of furan rings is 1. The zero-order valence-corrected chi connectivity index (χ0v) is 18.5. The average molecular weight is 431 g/mol. The first-order valence-corrected chi connectivity index (χ1v) is 11.1. The monoisotopic (exact) mass is 430 g/mol. The zero-order valence-electron chi connectivity index (χ0n) is 17.7. The van der Waals surface area contributed by atoms with Crippen molar-refractivity contribution in [3.63, 3.8) is 0 Å². The summed E-state index contributed by atoms with van der Waals surface area (Å²) < 4.78 is 39.3. The molecular weight excluding hydrogens is 404 g/mol. The number of hydrogen-bond acceptors (Lipinski definition) is 6. The number of anilines is 1. The molecule has 1 atom stereocenters. The van der Waals surface area contributed by atoms with Gasteiger partial charge in [-0.25, -0.2) is 17.9 Å². The highest BCUT2D eigenvalue weighted by Crippen LogP contribution is 2.29. The fourth-order valence-corrected chi connectivity index (χ4v) is 4.46. The summed E-state index contributed by atoms with van der Waals surface area (Å²) in [6.45, 7) is 5.44. The molecule has 1 unspecified atom stereocenters. The molecule has 7 nitrogen and oxygen atoms in total. The summed E-state index contributed by atoms with van der Waals surface area (Å²) in [4.78, 5) is 14.1. The smallest absolute Gasteiger partial charge is 0.374 e. The number of carbonyl (C=O) groups is 1. The molecule has 0 bridgehead atoms. The van der Waals surface area contributed by atoms with Crippen LogP contribution in [0.2, 0.25) is 0 Å². The maximum absolute atomic E-state index is 13.0. The Morgan fingerprint density at radius 1 is 1.20 bits per heavy atom. The van der Waals surface area contributed by atoms with Gasteiger partial charge >= 0.3 is 5.97 Å². The number of nitrogens with zero attached hydrogens (tertiary/aromatic N) is 1. The van der Waals surface area contributed by atoms with Gasteiger partial charge in [0, 0.05) is 36.8 Å². The van der Waals surface area contributed by atoms with E-state index in [0.717, 1.165) is 11.3 Å². The Morgan fingerprint density at radius 3 is 2.60 bits per heavy atom. The average Bonchev–Trinajstić information content (AvgIpc) is 3.04. The maximum atomic E-state index is 13.0. The van der Waals surface area contributed by atoms with Crippen LogP contribution in [0.25, 0.3) is 11.0 Å². The Hall–Kier alpha value is -2.84. The van der Waals surface area contributed by atoms with Gasteiger partial charge in [-0.15, -0.1) is 0 Å². The van der Waals surface area contributed by atoms with Crippen LogP contribution in [-0.4, -0.2) is 35.1 Å². The molecule has 0 fully saturated rings. The van der Waals surface area contributed by atoms with Crippen molar-refractivity contribution in [1.29, 1.82) is 0 Å². The summed E-state index contributed by atoms with van der Waals surface area (Å²) in [7, 11) is 0.0714. The quantitative estimate of drug-likeness (QED) is 0.570. The highest BCUT2D eigenvalue weighted by atomic mass is 32.2. The summed E-state index contributed by atoms with van der Waals surface area (Å²) in [5.74, 6) is -0.480. The van der Waals surface area contributed by atoms with Gasteiger partial charge < -0.3 is 14.1 Å². The van der Waals surface area contributed by atoms with E-state index < -0.39 is 22.0 Å². The first-order valence-electron chi connectivity index (χ1n) is 9.64. The second kappa shape index (κ2) is 8.49. The minimum atomic E-state index is -3.79. The number of aryl methyl sites for hydroxylation is 1. The number of nitrogens with one attached hydrogen (secondary N) is 1. The van der Waals surface area contributed by atoms with E-state index in [-0.39, 0.29) is 17.3 Å². The normalized spacial score (nSPS) is 12.7. The summed E-state index contributed by atoms with van der Waals surface area (Å²) in [6, 6.07) is 11.8. The molecule has 0 aliphatic rings. The zero-order chi connectivity index (χ0) is 22.1. The molecule has 3 rings (SSSR count). The van der Waals surface area contributed by atoms with Gasteiger partial charge in [-0.3, -0.25) is 0 Å². The topological polar surface area (TPSA) is 88.8 Å². The van der Waals surface area contributed by atoms with Crippen molar-refractivity contribution in [2.45, 2.75) is 31.7 Å². The molecule has 0 aliphatic carbocycles. The molecule has 3 aromatic rings. The number of carbonyl (C=O) groups excluding carboxylic acids is 1. The van der Waals surface area contributed by atoms with E-state index in [4.69, 9.17) is 9.15 Å². The van der Waals surface area contributed by atoms with E-state index in [9.17, 15) is 13.2 Å². The summed E-state index contributed by atoms with van der Waals surface area (Å²) >= 11 is 0. The van der Waals surface area contributed by atoms with Gasteiger partial charge in [0.15, 0.2) is 0 Å². The first kappa shape index (κ1) is 21.9. The molecular formula is C22H26N2O5S. The number of fused-ring (bicyclic) bond motifs is 1. The number of sulfonamides is 1. The predicted molar refractivity (Wildman–Crippen MR) is 116 cm³/mol. The second-order valence-electron chi connectivity index (χ2n) is 7.27. The van der Waals surface area contributed by atoms with Crippen LogP contribution in [0.5, 0.6) is 0 Å². The van der Waals surface area contributed by atoms with Crippen LogP contribution in [-0.2, 0) is 14.8 Å². The molecule has 0 saturated heterocycles. The van der Waals surface area contributed by atoms with E-state index in [1.54, 1.807) is 26.8 Å². The third-order valence-electron chi connectivity index (χ3n) is 4.90. The SMILES string of the molecule is CCOC(=O)c1oc2ccc(S(=O)(=O)NC(C)c3cccc(N(C)C)c3)cc2c1C. The van der Waals surface area contributed by atoms with E-state index >= 15 is 0 Å². The van der Waals surface area contributed by atoms with E-state index in [2.05, 4.69) is 4.72 Å². The lowest BCUT2D eigenvalue weighted by molar-refractivity contribution is 0.0491. The molecule has 8 heteroatoms. The Labute approximate surface area is 176 Å². The molecule has 0 aliphatic heterocycles. The van der Waals surface area contributed by atoms with Gasteiger partial charge in [-0.05, 0) is 56.7 Å². The van der Waals surface area contributed by atoms with Crippen molar-refractivity contribution in [1.82, 2.24) is 4.72 Å². The van der Waals surface area contributed by atoms with Gasteiger partial charge in [-0.1, -0.05) is 12.1 Å². The largest absolute Gasteiger partial charge is 0.460 e. The highest BCUT2D eigenvalue weighted by Gasteiger charge is 2.23. The number of rotatable bonds is 7. The Kier molecular flexibility index (Phi) is 6.19. The lowest BCUT2D eigenvalue weighted by Gasteiger charge is -2.18. The van der Waals surface area contributed by atoms with Crippen molar-refractivity contribution >= 4 is 32.6 Å². The van der Waals surface area contributed by atoms with Gasteiger partial charge in [0.05, 0.1) is 11.5 Å². The third kappa shape index (κ3) is 4.34. The Balaban J connectivity index is 1.91. The molecule has 30 heavy (non-hydrogen) atoms.